The Morgan fingerprint density at radius 2 is 2.10 bits per heavy atom. The Balaban J connectivity index is 3.05. The highest BCUT2D eigenvalue weighted by Crippen LogP contribution is 2.30. The van der Waals surface area contributed by atoms with Crippen LogP contribution in [-0.4, -0.2) is 55.1 Å². The molecule has 1 N–H and O–H groups in total. The second kappa shape index (κ2) is 8.88. The molecule has 2 atom stereocenters. The van der Waals surface area contributed by atoms with Gasteiger partial charge in [-0.15, -0.1) is 0 Å². The fraction of sp³-hybridized carbons (Fsp3) is 0.800. The zero-order valence-corrected chi connectivity index (χ0v) is 15.6. The molecule has 6 heteroatoms. The van der Waals surface area contributed by atoms with Gasteiger partial charge < -0.3 is 15.0 Å². The van der Waals surface area contributed by atoms with Crippen LogP contribution in [0.2, 0.25) is 0 Å². The molecule has 0 aliphatic rings. The Bertz CT molecular complexity index is 420. The van der Waals surface area contributed by atoms with E-state index >= 15 is 0 Å². The summed E-state index contributed by atoms with van der Waals surface area (Å²) >= 11 is 3.64. The molecule has 0 radical (unpaired) electrons. The quantitative estimate of drug-likeness (QED) is 0.734. The van der Waals surface area contributed by atoms with Gasteiger partial charge in [-0.25, -0.2) is 0 Å². The third-order valence-electron chi connectivity index (χ3n) is 3.54. The van der Waals surface area contributed by atoms with Crippen LogP contribution in [0, 0.1) is 5.92 Å². The number of nitrogens with one attached hydrogen (secondary N) is 1. The maximum absolute atomic E-state index is 5.98. The van der Waals surface area contributed by atoms with Gasteiger partial charge in [-0.2, -0.15) is 5.10 Å². The number of ether oxygens (including phenoxy) is 1. The maximum Gasteiger partial charge on any atom is 0.0807 e. The summed E-state index contributed by atoms with van der Waals surface area (Å²) in [5, 5.41) is 7.92. The molecule has 5 nitrogen and oxygen atoms in total. The Labute approximate surface area is 137 Å². The van der Waals surface area contributed by atoms with Crippen molar-refractivity contribution in [3.63, 3.8) is 0 Å². The van der Waals surface area contributed by atoms with Crippen molar-refractivity contribution in [1.29, 1.82) is 0 Å². The number of halogens is 1. The van der Waals surface area contributed by atoms with Gasteiger partial charge in [0.15, 0.2) is 0 Å². The summed E-state index contributed by atoms with van der Waals surface area (Å²) in [5.41, 5.74) is 1.16. The van der Waals surface area contributed by atoms with Crippen molar-refractivity contribution >= 4 is 15.9 Å². The van der Waals surface area contributed by atoms with Crippen molar-refractivity contribution in [2.24, 2.45) is 5.92 Å². The van der Waals surface area contributed by atoms with Crippen molar-refractivity contribution in [1.82, 2.24) is 20.0 Å². The minimum Gasteiger partial charge on any atom is -0.376 e. The van der Waals surface area contributed by atoms with Gasteiger partial charge >= 0.3 is 0 Å². The highest BCUT2D eigenvalue weighted by Gasteiger charge is 2.29. The Morgan fingerprint density at radius 3 is 2.57 bits per heavy atom. The van der Waals surface area contributed by atoms with Gasteiger partial charge in [-0.3, -0.25) is 4.68 Å². The number of likely N-dealkylation sites (N-methyl/N-ethyl adjacent to an activating group) is 2. The van der Waals surface area contributed by atoms with Crippen LogP contribution in [0.15, 0.2) is 10.7 Å². The topological polar surface area (TPSA) is 42.3 Å². The molecule has 0 aliphatic carbocycles. The van der Waals surface area contributed by atoms with E-state index in [-0.39, 0.29) is 12.1 Å². The summed E-state index contributed by atoms with van der Waals surface area (Å²) in [6, 6.07) is 0.115. The smallest absolute Gasteiger partial charge is 0.0807 e. The van der Waals surface area contributed by atoms with Gasteiger partial charge in [0.25, 0.3) is 0 Å². The van der Waals surface area contributed by atoms with Crippen molar-refractivity contribution in [2.45, 2.75) is 39.5 Å². The first kappa shape index (κ1) is 18.6. The average molecular weight is 361 g/mol. The van der Waals surface area contributed by atoms with E-state index in [1.54, 1.807) is 0 Å². The number of hydrogen-bond acceptors (Lipinski definition) is 4. The lowest BCUT2D eigenvalue weighted by atomic mass is 9.97. The first-order chi connectivity index (χ1) is 9.92. The van der Waals surface area contributed by atoms with E-state index < -0.39 is 0 Å². The molecule has 1 aromatic heterocycles. The number of aromatic nitrogens is 2. The number of hydrogen-bond donors (Lipinski definition) is 1. The lowest BCUT2D eigenvalue weighted by molar-refractivity contribution is 0.00231. The molecule has 1 rings (SSSR count). The molecule has 0 spiro atoms. The zero-order chi connectivity index (χ0) is 16.0. The van der Waals surface area contributed by atoms with Crippen LogP contribution in [0.5, 0.6) is 0 Å². The first-order valence-electron chi connectivity index (χ1n) is 7.57. The van der Waals surface area contributed by atoms with E-state index in [2.05, 4.69) is 63.9 Å². The lowest BCUT2D eigenvalue weighted by Crippen LogP contribution is -2.37. The standard InChI is InChI=1S/C15H29BrN4O/c1-7-21-15(11(2)3)13(17-4)14-12(16)10-18-20(14)9-8-19(5)6/h10-11,13,15,17H,7-9H2,1-6H3. The highest BCUT2D eigenvalue weighted by molar-refractivity contribution is 9.10. The molecule has 0 bridgehead atoms. The lowest BCUT2D eigenvalue weighted by Gasteiger charge is -2.30. The van der Waals surface area contributed by atoms with Gasteiger partial charge in [0, 0.05) is 13.2 Å². The summed E-state index contributed by atoms with van der Waals surface area (Å²) in [6.07, 6.45) is 1.99. The monoisotopic (exact) mass is 360 g/mol. The molecular weight excluding hydrogens is 332 g/mol. The molecule has 0 saturated heterocycles. The summed E-state index contributed by atoms with van der Waals surface area (Å²) < 4.78 is 9.08. The van der Waals surface area contributed by atoms with E-state index in [4.69, 9.17) is 4.74 Å². The summed E-state index contributed by atoms with van der Waals surface area (Å²) in [5.74, 6) is 0.423. The molecule has 0 aromatic carbocycles. The minimum atomic E-state index is 0.115. The van der Waals surface area contributed by atoms with Crippen molar-refractivity contribution in [2.75, 3.05) is 34.3 Å². The first-order valence-corrected chi connectivity index (χ1v) is 8.36. The number of nitrogens with zero attached hydrogens (tertiary/aromatic N) is 3. The van der Waals surface area contributed by atoms with Crippen LogP contribution in [0.3, 0.4) is 0 Å². The third-order valence-corrected chi connectivity index (χ3v) is 4.15. The van der Waals surface area contributed by atoms with Crippen LogP contribution in [0.1, 0.15) is 32.5 Å². The van der Waals surface area contributed by atoms with Crippen LogP contribution >= 0.6 is 15.9 Å². The molecule has 21 heavy (non-hydrogen) atoms. The predicted molar refractivity (Wildman–Crippen MR) is 90.5 cm³/mol. The zero-order valence-electron chi connectivity index (χ0n) is 14.1. The highest BCUT2D eigenvalue weighted by atomic mass is 79.9. The SMILES string of the molecule is CCOC(C(C)C)C(NC)c1c(Br)cnn1CCN(C)C. The Hall–Kier alpha value is -0.430. The van der Waals surface area contributed by atoms with Gasteiger partial charge in [-0.1, -0.05) is 13.8 Å². The van der Waals surface area contributed by atoms with Gasteiger partial charge in [0.05, 0.1) is 35.1 Å². The third kappa shape index (κ3) is 5.06. The second-order valence-electron chi connectivity index (χ2n) is 5.83. The predicted octanol–water partition coefficient (Wildman–Crippen LogP) is 2.53. The second-order valence-corrected chi connectivity index (χ2v) is 6.69. The molecular formula is C15H29BrN4O. The van der Waals surface area contributed by atoms with E-state index in [0.29, 0.717) is 12.5 Å². The van der Waals surface area contributed by atoms with Crippen LogP contribution < -0.4 is 5.32 Å². The maximum atomic E-state index is 5.98. The Kier molecular flexibility index (Phi) is 7.87. The van der Waals surface area contributed by atoms with Gasteiger partial charge in [0.1, 0.15) is 0 Å². The molecule has 0 amide bonds. The van der Waals surface area contributed by atoms with E-state index in [9.17, 15) is 0 Å². The fourth-order valence-electron chi connectivity index (χ4n) is 2.48. The average Bonchev–Trinajstić information content (AvgIpc) is 2.78. The van der Waals surface area contributed by atoms with E-state index in [1.807, 2.05) is 20.2 Å². The normalized spacial score (nSPS) is 14.9. The van der Waals surface area contributed by atoms with Gasteiger partial charge in [0.2, 0.25) is 0 Å². The molecule has 0 aliphatic heterocycles. The van der Waals surface area contributed by atoms with Crippen LogP contribution in [0.4, 0.5) is 0 Å². The molecule has 122 valence electrons. The molecule has 1 aromatic rings. The van der Waals surface area contributed by atoms with Crippen molar-refractivity contribution in [3.8, 4) is 0 Å². The largest absolute Gasteiger partial charge is 0.376 e. The fourth-order valence-corrected chi connectivity index (χ4v) is 3.02. The molecule has 2 unspecified atom stereocenters. The van der Waals surface area contributed by atoms with E-state index in [0.717, 1.165) is 23.3 Å². The van der Waals surface area contributed by atoms with E-state index in [1.165, 1.54) is 0 Å². The Morgan fingerprint density at radius 1 is 1.43 bits per heavy atom. The van der Waals surface area contributed by atoms with Crippen LogP contribution in [-0.2, 0) is 11.3 Å². The molecule has 0 fully saturated rings. The molecule has 1 heterocycles. The summed E-state index contributed by atoms with van der Waals surface area (Å²) in [6.45, 7) is 8.96. The van der Waals surface area contributed by atoms with Crippen molar-refractivity contribution < 1.29 is 4.74 Å². The van der Waals surface area contributed by atoms with Crippen molar-refractivity contribution in [3.05, 3.63) is 16.4 Å². The van der Waals surface area contributed by atoms with Gasteiger partial charge in [-0.05, 0) is 49.9 Å². The summed E-state index contributed by atoms with van der Waals surface area (Å²) in [7, 11) is 6.13. The minimum absolute atomic E-state index is 0.115. The molecule has 0 saturated carbocycles. The van der Waals surface area contributed by atoms with Crippen LogP contribution in [0.25, 0.3) is 0 Å². The summed E-state index contributed by atoms with van der Waals surface area (Å²) in [4.78, 5) is 2.16. The number of rotatable bonds is 9.